The number of aryl methyl sites for hydroxylation is 2. The fourth-order valence-electron chi connectivity index (χ4n) is 2.64. The van der Waals surface area contributed by atoms with E-state index in [-0.39, 0.29) is 23.4 Å². The normalized spacial score (nSPS) is 12.8. The van der Waals surface area contributed by atoms with Crippen LogP contribution >= 0.6 is 0 Å². The molecule has 6 heteroatoms. The van der Waals surface area contributed by atoms with Gasteiger partial charge in [0.05, 0.1) is 17.5 Å². The molecule has 0 aliphatic rings. The van der Waals surface area contributed by atoms with Gasteiger partial charge in [0.15, 0.2) is 0 Å². The van der Waals surface area contributed by atoms with Gasteiger partial charge in [-0.05, 0) is 38.0 Å². The van der Waals surface area contributed by atoms with Crippen molar-refractivity contribution in [1.82, 2.24) is 9.62 Å². The number of sulfonamides is 1. The first kappa shape index (κ1) is 20.1. The average molecular weight is 375 g/mol. The van der Waals surface area contributed by atoms with Gasteiger partial charge < -0.3 is 5.32 Å². The lowest BCUT2D eigenvalue weighted by Crippen LogP contribution is -2.39. The zero-order valence-electron chi connectivity index (χ0n) is 15.7. The molecule has 5 nitrogen and oxygen atoms in total. The molecule has 140 valence electrons. The Hall–Kier alpha value is -2.18. The first-order chi connectivity index (χ1) is 12.2. The van der Waals surface area contributed by atoms with Gasteiger partial charge in [-0.25, -0.2) is 8.42 Å². The van der Waals surface area contributed by atoms with Crippen LogP contribution in [0.3, 0.4) is 0 Å². The molecule has 26 heavy (non-hydrogen) atoms. The van der Waals surface area contributed by atoms with Crippen molar-refractivity contribution in [3.8, 4) is 0 Å². The molecule has 0 saturated heterocycles. The van der Waals surface area contributed by atoms with Gasteiger partial charge in [0.2, 0.25) is 15.9 Å². The maximum absolute atomic E-state index is 12.6. The number of likely N-dealkylation sites (N-methyl/N-ethyl adjacent to an activating group) is 1. The quantitative estimate of drug-likeness (QED) is 0.809. The minimum Gasteiger partial charge on any atom is -0.348 e. The molecule has 1 N–H and O–H groups in total. The van der Waals surface area contributed by atoms with Crippen molar-refractivity contribution in [2.75, 3.05) is 13.6 Å². The summed E-state index contributed by atoms with van der Waals surface area (Å²) in [4.78, 5) is 12.6. The van der Waals surface area contributed by atoms with Crippen LogP contribution < -0.4 is 5.32 Å². The lowest BCUT2D eigenvalue weighted by Gasteiger charge is -2.21. The van der Waals surface area contributed by atoms with Crippen molar-refractivity contribution < 1.29 is 13.2 Å². The van der Waals surface area contributed by atoms with E-state index in [4.69, 9.17) is 0 Å². The van der Waals surface area contributed by atoms with Gasteiger partial charge in [0.1, 0.15) is 0 Å². The van der Waals surface area contributed by atoms with Gasteiger partial charge in [-0.3, -0.25) is 4.79 Å². The third-order valence-corrected chi connectivity index (χ3v) is 6.14. The first-order valence-electron chi connectivity index (χ1n) is 8.63. The van der Waals surface area contributed by atoms with Gasteiger partial charge in [0.25, 0.3) is 0 Å². The molecule has 2 aromatic carbocycles. The fourth-order valence-corrected chi connectivity index (χ4v) is 3.76. The van der Waals surface area contributed by atoms with Crippen molar-refractivity contribution >= 4 is 15.9 Å². The van der Waals surface area contributed by atoms with Crippen LogP contribution in [0.25, 0.3) is 0 Å². The number of nitrogens with zero attached hydrogens (tertiary/aromatic N) is 1. The van der Waals surface area contributed by atoms with Gasteiger partial charge in [-0.2, -0.15) is 4.31 Å². The molecule has 0 saturated carbocycles. The maximum atomic E-state index is 12.6. The Labute approximate surface area is 156 Å². The van der Waals surface area contributed by atoms with E-state index in [9.17, 15) is 13.2 Å². The Kier molecular flexibility index (Phi) is 6.56. The van der Waals surface area contributed by atoms with E-state index in [0.29, 0.717) is 0 Å². The molecule has 2 rings (SSSR count). The molecule has 0 aromatic heterocycles. The molecule has 1 amide bonds. The lowest BCUT2D eigenvalue weighted by molar-refractivity contribution is -0.121. The van der Waals surface area contributed by atoms with E-state index in [1.54, 1.807) is 24.3 Å². The second-order valence-electron chi connectivity index (χ2n) is 6.51. The van der Waals surface area contributed by atoms with Crippen LogP contribution in [0.15, 0.2) is 53.4 Å². The number of carbonyl (C=O) groups excluding carboxylic acids is 1. The van der Waals surface area contributed by atoms with Crippen molar-refractivity contribution in [1.29, 1.82) is 0 Å². The largest absolute Gasteiger partial charge is 0.348 e. The van der Waals surface area contributed by atoms with Crippen LogP contribution in [0.4, 0.5) is 0 Å². The summed E-state index contributed by atoms with van der Waals surface area (Å²) in [6.45, 7) is 5.66. The average Bonchev–Trinajstić information content (AvgIpc) is 2.60. The second-order valence-corrected chi connectivity index (χ2v) is 8.56. The SMILES string of the molecule is CC[C@H](NC(=O)CN(C)S(=O)(=O)c1ccc(C)cc1)c1ccc(C)cc1. The Morgan fingerprint density at radius 3 is 2.00 bits per heavy atom. The van der Waals surface area contributed by atoms with Crippen LogP contribution in [-0.2, 0) is 14.8 Å². The summed E-state index contributed by atoms with van der Waals surface area (Å²) in [5.74, 6) is -0.324. The molecule has 0 fully saturated rings. The van der Waals surface area contributed by atoms with E-state index in [1.807, 2.05) is 45.0 Å². The molecule has 0 aliphatic carbocycles. The molecule has 0 radical (unpaired) electrons. The molecule has 2 aromatic rings. The van der Waals surface area contributed by atoms with E-state index in [1.165, 1.54) is 7.05 Å². The summed E-state index contributed by atoms with van der Waals surface area (Å²) in [6, 6.07) is 14.4. The molecular formula is C20H26N2O3S. The smallest absolute Gasteiger partial charge is 0.243 e. The summed E-state index contributed by atoms with van der Waals surface area (Å²) >= 11 is 0. The number of hydrogen-bond donors (Lipinski definition) is 1. The molecule has 0 unspecified atom stereocenters. The molecular weight excluding hydrogens is 348 g/mol. The molecule has 0 aliphatic heterocycles. The van der Waals surface area contributed by atoms with Crippen LogP contribution in [0.5, 0.6) is 0 Å². The minimum absolute atomic E-state index is 0.140. The third kappa shape index (κ3) is 4.93. The zero-order chi connectivity index (χ0) is 19.3. The van der Waals surface area contributed by atoms with Crippen LogP contribution in [-0.4, -0.2) is 32.2 Å². The van der Waals surface area contributed by atoms with Crippen LogP contribution in [0.2, 0.25) is 0 Å². The van der Waals surface area contributed by atoms with Crippen LogP contribution in [0.1, 0.15) is 36.1 Å². The Morgan fingerprint density at radius 1 is 1.00 bits per heavy atom. The predicted molar refractivity (Wildman–Crippen MR) is 103 cm³/mol. The highest BCUT2D eigenvalue weighted by Crippen LogP contribution is 2.18. The maximum Gasteiger partial charge on any atom is 0.243 e. The van der Waals surface area contributed by atoms with Crippen LogP contribution in [0, 0.1) is 13.8 Å². The van der Waals surface area contributed by atoms with Crippen molar-refractivity contribution in [3.63, 3.8) is 0 Å². The highest BCUT2D eigenvalue weighted by molar-refractivity contribution is 7.89. The molecule has 1 atom stereocenters. The molecule has 0 bridgehead atoms. The predicted octanol–water partition coefficient (Wildman–Crippen LogP) is 3.19. The van der Waals surface area contributed by atoms with Gasteiger partial charge >= 0.3 is 0 Å². The van der Waals surface area contributed by atoms with E-state index in [0.717, 1.165) is 27.4 Å². The number of amides is 1. The lowest BCUT2D eigenvalue weighted by atomic mass is 10.0. The zero-order valence-corrected chi connectivity index (χ0v) is 16.5. The summed E-state index contributed by atoms with van der Waals surface area (Å²) < 4.78 is 26.3. The number of nitrogens with one attached hydrogen (secondary N) is 1. The standard InChI is InChI=1S/C20H26N2O3S/c1-5-19(17-10-6-15(2)7-11-17)21-20(23)14-22(4)26(24,25)18-12-8-16(3)9-13-18/h6-13,19H,5,14H2,1-4H3,(H,21,23)/t19-/m0/s1. The number of benzene rings is 2. The highest BCUT2D eigenvalue weighted by atomic mass is 32.2. The van der Waals surface area contributed by atoms with E-state index in [2.05, 4.69) is 5.32 Å². The topological polar surface area (TPSA) is 66.5 Å². The van der Waals surface area contributed by atoms with Gasteiger partial charge in [0, 0.05) is 7.05 Å². The summed E-state index contributed by atoms with van der Waals surface area (Å²) in [7, 11) is -2.27. The summed E-state index contributed by atoms with van der Waals surface area (Å²) in [6.07, 6.45) is 0.725. The Morgan fingerprint density at radius 2 is 1.50 bits per heavy atom. The van der Waals surface area contributed by atoms with E-state index >= 15 is 0 Å². The van der Waals surface area contributed by atoms with E-state index < -0.39 is 10.0 Å². The number of carbonyl (C=O) groups is 1. The first-order valence-corrected chi connectivity index (χ1v) is 10.1. The monoisotopic (exact) mass is 374 g/mol. The fraction of sp³-hybridized carbons (Fsp3) is 0.350. The summed E-state index contributed by atoms with van der Waals surface area (Å²) in [5.41, 5.74) is 3.14. The second kappa shape index (κ2) is 8.47. The Bertz CT molecular complexity index is 844. The Balaban J connectivity index is 2.05. The van der Waals surface area contributed by atoms with Gasteiger partial charge in [-0.15, -0.1) is 0 Å². The third-order valence-electron chi connectivity index (χ3n) is 4.32. The van der Waals surface area contributed by atoms with Gasteiger partial charge in [-0.1, -0.05) is 54.4 Å². The minimum atomic E-state index is -3.69. The molecule has 0 heterocycles. The molecule has 0 spiro atoms. The van der Waals surface area contributed by atoms with Crippen molar-refractivity contribution in [3.05, 3.63) is 65.2 Å². The number of hydrogen-bond acceptors (Lipinski definition) is 3. The van der Waals surface area contributed by atoms with Crippen molar-refractivity contribution in [2.24, 2.45) is 0 Å². The van der Waals surface area contributed by atoms with Crippen molar-refractivity contribution in [2.45, 2.75) is 38.1 Å². The number of rotatable bonds is 7. The summed E-state index contributed by atoms with van der Waals surface area (Å²) in [5, 5.41) is 2.92. The highest BCUT2D eigenvalue weighted by Gasteiger charge is 2.23.